The summed E-state index contributed by atoms with van der Waals surface area (Å²) in [5, 5.41) is 9.49. The van der Waals surface area contributed by atoms with Crippen molar-refractivity contribution in [2.45, 2.75) is 78.9 Å². The van der Waals surface area contributed by atoms with E-state index in [2.05, 4.69) is 64.7 Å². The predicted molar refractivity (Wildman–Crippen MR) is 150 cm³/mol. The van der Waals surface area contributed by atoms with Crippen molar-refractivity contribution >= 4 is 35.0 Å². The van der Waals surface area contributed by atoms with Crippen LogP contribution in [0.4, 0.5) is 23.1 Å². The molecule has 0 saturated heterocycles. The average molecular weight is 516 g/mol. The molecule has 3 heterocycles. The number of nitrogens with one attached hydrogen (secondary N) is 3. The molecule has 1 aromatic carbocycles. The number of fused-ring (bicyclic) bond motifs is 1. The number of anilines is 4. The van der Waals surface area contributed by atoms with E-state index >= 15 is 0 Å². The lowest BCUT2D eigenvalue weighted by Gasteiger charge is -2.34. The van der Waals surface area contributed by atoms with Gasteiger partial charge in [-0.15, -0.1) is 0 Å². The highest BCUT2D eigenvalue weighted by molar-refractivity contribution is 5.99. The van der Waals surface area contributed by atoms with Crippen LogP contribution in [0.2, 0.25) is 0 Å². The summed E-state index contributed by atoms with van der Waals surface area (Å²) < 4.78 is 0. The molecule has 200 valence electrons. The number of nitrogens with zero attached hydrogens (tertiary/aromatic N) is 4. The first kappa shape index (κ1) is 27.0. The van der Waals surface area contributed by atoms with Crippen LogP contribution in [-0.2, 0) is 23.2 Å². The Bertz CT molecular complexity index is 1350. The molecule has 1 unspecified atom stereocenters. The number of pyridine rings is 1. The fraction of sp³-hybridized carbons (Fsp3) is 0.414. The number of carbonyl (C=O) groups is 2. The van der Waals surface area contributed by atoms with Crippen molar-refractivity contribution in [2.24, 2.45) is 0 Å². The van der Waals surface area contributed by atoms with Gasteiger partial charge in [-0.25, -0.2) is 4.98 Å². The van der Waals surface area contributed by atoms with E-state index in [4.69, 9.17) is 0 Å². The summed E-state index contributed by atoms with van der Waals surface area (Å²) in [7, 11) is 0. The van der Waals surface area contributed by atoms with E-state index in [-0.39, 0.29) is 29.3 Å². The Morgan fingerprint density at radius 2 is 1.76 bits per heavy atom. The SMILES string of the molecule is CC(=O)N1Cc2cc(Nc3ncc(C(=O)NC(C)C)c(Nc4ccnc(C(C)(C)C)c4)n3)ccc2CC1C. The van der Waals surface area contributed by atoms with Crippen molar-refractivity contribution in [3.8, 4) is 0 Å². The third kappa shape index (κ3) is 6.27. The zero-order valence-electron chi connectivity index (χ0n) is 23.2. The zero-order chi connectivity index (χ0) is 27.6. The van der Waals surface area contributed by atoms with Crippen LogP contribution in [0.5, 0.6) is 0 Å². The summed E-state index contributed by atoms with van der Waals surface area (Å²) in [5.41, 5.74) is 5.06. The molecule has 0 radical (unpaired) electrons. The van der Waals surface area contributed by atoms with Crippen LogP contribution in [0.25, 0.3) is 0 Å². The first-order valence-electron chi connectivity index (χ1n) is 13.0. The van der Waals surface area contributed by atoms with Crippen molar-refractivity contribution in [1.29, 1.82) is 0 Å². The van der Waals surface area contributed by atoms with Crippen LogP contribution in [0.1, 0.15) is 75.6 Å². The lowest BCUT2D eigenvalue weighted by Crippen LogP contribution is -2.41. The van der Waals surface area contributed by atoms with E-state index in [0.717, 1.165) is 29.1 Å². The molecule has 0 spiro atoms. The van der Waals surface area contributed by atoms with E-state index in [1.54, 1.807) is 13.1 Å². The Morgan fingerprint density at radius 3 is 2.45 bits per heavy atom. The lowest BCUT2D eigenvalue weighted by molar-refractivity contribution is -0.131. The molecule has 38 heavy (non-hydrogen) atoms. The van der Waals surface area contributed by atoms with Gasteiger partial charge in [-0.05, 0) is 62.6 Å². The highest BCUT2D eigenvalue weighted by Gasteiger charge is 2.25. The van der Waals surface area contributed by atoms with E-state index in [1.165, 1.54) is 11.8 Å². The molecule has 0 bridgehead atoms. The average Bonchev–Trinajstić information content (AvgIpc) is 2.83. The molecule has 2 aromatic heterocycles. The summed E-state index contributed by atoms with van der Waals surface area (Å²) in [6, 6.07) is 10.1. The third-order valence-corrected chi connectivity index (χ3v) is 6.50. The van der Waals surface area contributed by atoms with Gasteiger partial charge in [0, 0.05) is 60.4 Å². The molecule has 9 nitrogen and oxygen atoms in total. The summed E-state index contributed by atoms with van der Waals surface area (Å²) in [6.45, 7) is 14.4. The van der Waals surface area contributed by atoms with Gasteiger partial charge >= 0.3 is 0 Å². The number of rotatable bonds is 6. The maximum absolute atomic E-state index is 12.9. The maximum atomic E-state index is 12.9. The molecular formula is C29H37N7O2. The summed E-state index contributed by atoms with van der Waals surface area (Å²) in [6.07, 6.45) is 4.09. The monoisotopic (exact) mass is 515 g/mol. The van der Waals surface area contributed by atoms with Crippen molar-refractivity contribution in [1.82, 2.24) is 25.2 Å². The molecule has 0 aliphatic carbocycles. The highest BCUT2D eigenvalue weighted by atomic mass is 16.2. The van der Waals surface area contributed by atoms with Gasteiger partial charge in [0.25, 0.3) is 5.91 Å². The second-order valence-electron chi connectivity index (χ2n) is 11.2. The standard InChI is InChI=1S/C29H37N7O2/c1-17(2)32-27(38)24-15-31-28(35-26(24)33-23-10-11-30-25(14-23)29(5,6)7)34-22-9-8-20-12-18(3)36(19(4)37)16-21(20)13-22/h8-11,13-15,17-18H,12,16H2,1-7H3,(H,32,38)(H2,30,31,33,34,35). The van der Waals surface area contributed by atoms with E-state index in [9.17, 15) is 9.59 Å². The molecule has 1 atom stereocenters. The molecule has 9 heteroatoms. The lowest BCUT2D eigenvalue weighted by atomic mass is 9.91. The second kappa shape index (κ2) is 10.8. The number of hydrogen-bond donors (Lipinski definition) is 3. The summed E-state index contributed by atoms with van der Waals surface area (Å²) in [5.74, 6) is 0.556. The van der Waals surface area contributed by atoms with E-state index in [0.29, 0.717) is 23.9 Å². The second-order valence-corrected chi connectivity index (χ2v) is 11.2. The van der Waals surface area contributed by atoms with Crippen LogP contribution in [0.15, 0.2) is 42.7 Å². The van der Waals surface area contributed by atoms with Gasteiger partial charge in [0.05, 0.1) is 0 Å². The van der Waals surface area contributed by atoms with Crippen LogP contribution < -0.4 is 16.0 Å². The number of benzene rings is 1. The van der Waals surface area contributed by atoms with E-state index < -0.39 is 0 Å². The molecular weight excluding hydrogens is 478 g/mol. The minimum Gasteiger partial charge on any atom is -0.350 e. The molecule has 0 saturated carbocycles. The molecule has 0 fully saturated rings. The number of hydrogen-bond acceptors (Lipinski definition) is 7. The largest absolute Gasteiger partial charge is 0.350 e. The first-order valence-corrected chi connectivity index (χ1v) is 13.0. The van der Waals surface area contributed by atoms with Crippen molar-refractivity contribution in [3.63, 3.8) is 0 Å². The van der Waals surface area contributed by atoms with Gasteiger partial charge in [-0.3, -0.25) is 14.6 Å². The molecule has 1 aliphatic rings. The van der Waals surface area contributed by atoms with Gasteiger partial charge in [-0.2, -0.15) is 4.98 Å². The highest BCUT2D eigenvalue weighted by Crippen LogP contribution is 2.29. The zero-order valence-corrected chi connectivity index (χ0v) is 23.2. The van der Waals surface area contributed by atoms with Crippen molar-refractivity contribution in [2.75, 3.05) is 10.6 Å². The number of aromatic nitrogens is 3. The van der Waals surface area contributed by atoms with Gasteiger partial charge in [0.15, 0.2) is 0 Å². The number of amides is 2. The van der Waals surface area contributed by atoms with Crippen molar-refractivity contribution in [3.05, 3.63) is 65.1 Å². The predicted octanol–water partition coefficient (Wildman–Crippen LogP) is 5.09. The Morgan fingerprint density at radius 1 is 1.03 bits per heavy atom. The van der Waals surface area contributed by atoms with Crippen molar-refractivity contribution < 1.29 is 9.59 Å². The van der Waals surface area contributed by atoms with Gasteiger partial charge in [-0.1, -0.05) is 26.8 Å². The molecule has 3 N–H and O–H groups in total. The third-order valence-electron chi connectivity index (χ3n) is 6.50. The quantitative estimate of drug-likeness (QED) is 0.419. The fourth-order valence-electron chi connectivity index (χ4n) is 4.47. The molecule has 3 aromatic rings. The van der Waals surface area contributed by atoms with Crippen LogP contribution in [0, 0.1) is 0 Å². The Balaban J connectivity index is 1.64. The number of carbonyl (C=O) groups excluding carboxylic acids is 2. The maximum Gasteiger partial charge on any atom is 0.256 e. The smallest absolute Gasteiger partial charge is 0.256 e. The van der Waals surface area contributed by atoms with Crippen LogP contribution in [0.3, 0.4) is 0 Å². The Labute approximate surface area is 224 Å². The van der Waals surface area contributed by atoms with Crippen LogP contribution in [-0.4, -0.2) is 43.7 Å². The fourth-order valence-corrected chi connectivity index (χ4v) is 4.47. The topological polar surface area (TPSA) is 112 Å². The Kier molecular flexibility index (Phi) is 7.66. The normalized spacial score (nSPS) is 15.2. The molecule has 4 rings (SSSR count). The molecule has 2 amide bonds. The van der Waals surface area contributed by atoms with E-state index in [1.807, 2.05) is 43.0 Å². The van der Waals surface area contributed by atoms with Gasteiger partial charge < -0.3 is 20.9 Å². The minimum absolute atomic E-state index is 0.0330. The van der Waals surface area contributed by atoms with Gasteiger partial charge in [0.2, 0.25) is 11.9 Å². The molecule has 1 aliphatic heterocycles. The summed E-state index contributed by atoms with van der Waals surface area (Å²) >= 11 is 0. The Hall–Kier alpha value is -4.01. The summed E-state index contributed by atoms with van der Waals surface area (Å²) in [4.78, 5) is 40.5. The van der Waals surface area contributed by atoms with Gasteiger partial charge in [0.1, 0.15) is 11.4 Å². The minimum atomic E-state index is -0.258. The first-order chi connectivity index (χ1) is 17.9. The van der Waals surface area contributed by atoms with Crippen LogP contribution >= 0.6 is 0 Å².